The van der Waals surface area contributed by atoms with Crippen molar-refractivity contribution in [3.05, 3.63) is 33.4 Å². The fourth-order valence-corrected chi connectivity index (χ4v) is 1.39. The van der Waals surface area contributed by atoms with E-state index in [4.69, 9.17) is 10.5 Å². The molecule has 90 valence electrons. The first-order valence-corrected chi connectivity index (χ1v) is 4.89. The first kappa shape index (κ1) is 13.1. The van der Waals surface area contributed by atoms with Gasteiger partial charge in [0.2, 0.25) is 5.71 Å². The molecular weight excluding hydrogens is 234 g/mol. The predicted molar refractivity (Wildman–Crippen MR) is 64.9 cm³/mol. The zero-order valence-electron chi connectivity index (χ0n) is 9.76. The standard InChI is InChI=1S/C11H9N5O2/c1-7-3-4-10(16(17)18)8(2)11(7)15-14-9(5-12)6-13/h3-4,15H,1-2H3. The predicted octanol–water partition coefficient (Wildman–Crippen LogP) is 2.03. The number of hydrogen-bond acceptors (Lipinski definition) is 6. The van der Waals surface area contributed by atoms with Crippen molar-refractivity contribution in [3.8, 4) is 12.1 Å². The molecule has 0 spiro atoms. The highest BCUT2D eigenvalue weighted by Crippen LogP contribution is 2.28. The molecule has 0 saturated carbocycles. The summed E-state index contributed by atoms with van der Waals surface area (Å²) in [5.41, 5.74) is 3.68. The van der Waals surface area contributed by atoms with E-state index < -0.39 is 4.92 Å². The van der Waals surface area contributed by atoms with E-state index in [0.717, 1.165) is 5.56 Å². The second-order valence-corrected chi connectivity index (χ2v) is 3.45. The summed E-state index contributed by atoms with van der Waals surface area (Å²) < 4.78 is 0. The minimum absolute atomic E-state index is 0.0474. The smallest absolute Gasteiger partial charge is 0.274 e. The molecule has 1 N–H and O–H groups in total. The van der Waals surface area contributed by atoms with Crippen molar-refractivity contribution in [2.45, 2.75) is 13.8 Å². The fraction of sp³-hybridized carbons (Fsp3) is 0.182. The van der Waals surface area contributed by atoms with Crippen LogP contribution in [-0.4, -0.2) is 10.6 Å². The van der Waals surface area contributed by atoms with Crippen LogP contribution < -0.4 is 5.43 Å². The molecule has 0 heterocycles. The van der Waals surface area contributed by atoms with Crippen LogP contribution in [0.1, 0.15) is 11.1 Å². The van der Waals surface area contributed by atoms with Crippen molar-refractivity contribution >= 4 is 17.1 Å². The van der Waals surface area contributed by atoms with Crippen LogP contribution in [0, 0.1) is 46.6 Å². The Morgan fingerprint density at radius 3 is 2.50 bits per heavy atom. The monoisotopic (exact) mass is 243 g/mol. The van der Waals surface area contributed by atoms with Gasteiger partial charge in [-0.2, -0.15) is 15.6 Å². The van der Waals surface area contributed by atoms with Crippen LogP contribution in [0.2, 0.25) is 0 Å². The van der Waals surface area contributed by atoms with Gasteiger partial charge in [-0.1, -0.05) is 6.07 Å². The van der Waals surface area contributed by atoms with E-state index in [1.54, 1.807) is 32.1 Å². The van der Waals surface area contributed by atoms with Gasteiger partial charge in [0.15, 0.2) is 0 Å². The second kappa shape index (κ2) is 5.41. The fourth-order valence-electron chi connectivity index (χ4n) is 1.39. The van der Waals surface area contributed by atoms with Gasteiger partial charge in [-0.05, 0) is 19.4 Å². The van der Waals surface area contributed by atoms with E-state index in [1.165, 1.54) is 6.07 Å². The minimum atomic E-state index is -0.501. The Hall–Kier alpha value is -2.93. The number of nitrogens with one attached hydrogen (secondary N) is 1. The Bertz CT molecular complexity index is 591. The Balaban J connectivity index is 3.22. The van der Waals surface area contributed by atoms with E-state index in [9.17, 15) is 10.1 Å². The van der Waals surface area contributed by atoms with E-state index in [0.29, 0.717) is 11.3 Å². The SMILES string of the molecule is Cc1ccc([N+](=O)[O-])c(C)c1NN=C(C#N)C#N. The summed E-state index contributed by atoms with van der Waals surface area (Å²) in [5.74, 6) is 0. The minimum Gasteiger partial charge on any atom is -0.276 e. The molecule has 0 aliphatic rings. The van der Waals surface area contributed by atoms with Crippen LogP contribution >= 0.6 is 0 Å². The van der Waals surface area contributed by atoms with E-state index in [-0.39, 0.29) is 11.4 Å². The molecule has 1 aromatic carbocycles. The maximum atomic E-state index is 10.8. The number of rotatable bonds is 3. The summed E-state index contributed by atoms with van der Waals surface area (Å²) in [5, 5.41) is 31.4. The van der Waals surface area contributed by atoms with Gasteiger partial charge < -0.3 is 0 Å². The van der Waals surface area contributed by atoms with Crippen molar-refractivity contribution in [3.63, 3.8) is 0 Å². The molecule has 18 heavy (non-hydrogen) atoms. The molecule has 0 aliphatic heterocycles. The van der Waals surface area contributed by atoms with E-state index in [2.05, 4.69) is 10.5 Å². The summed E-state index contributed by atoms with van der Waals surface area (Å²) in [6, 6.07) is 6.15. The number of benzene rings is 1. The van der Waals surface area contributed by atoms with Crippen molar-refractivity contribution in [2.75, 3.05) is 5.43 Å². The molecule has 0 unspecified atom stereocenters. The van der Waals surface area contributed by atoms with Crippen LogP contribution in [0.3, 0.4) is 0 Å². The summed E-state index contributed by atoms with van der Waals surface area (Å²) in [6.07, 6.45) is 0. The average molecular weight is 243 g/mol. The third-order valence-electron chi connectivity index (χ3n) is 2.33. The van der Waals surface area contributed by atoms with Gasteiger partial charge in [0.25, 0.3) is 5.69 Å². The van der Waals surface area contributed by atoms with Crippen LogP contribution in [0.15, 0.2) is 17.2 Å². The molecule has 0 saturated heterocycles. The molecule has 1 rings (SSSR count). The lowest BCUT2D eigenvalue weighted by atomic mass is 10.1. The first-order valence-electron chi connectivity index (χ1n) is 4.89. The zero-order valence-corrected chi connectivity index (χ0v) is 9.76. The molecule has 1 aromatic rings. The van der Waals surface area contributed by atoms with Crippen molar-refractivity contribution in [1.82, 2.24) is 0 Å². The lowest BCUT2D eigenvalue weighted by molar-refractivity contribution is -0.385. The van der Waals surface area contributed by atoms with Gasteiger partial charge >= 0.3 is 0 Å². The molecule has 7 nitrogen and oxygen atoms in total. The number of nitrogens with zero attached hydrogens (tertiary/aromatic N) is 4. The molecule has 0 radical (unpaired) electrons. The van der Waals surface area contributed by atoms with Crippen molar-refractivity contribution in [2.24, 2.45) is 5.10 Å². The summed E-state index contributed by atoms with van der Waals surface area (Å²) in [4.78, 5) is 10.3. The van der Waals surface area contributed by atoms with Gasteiger partial charge in [-0.25, -0.2) is 0 Å². The number of hydrogen-bond donors (Lipinski definition) is 1. The number of hydrazone groups is 1. The Kier molecular flexibility index (Phi) is 3.95. The normalized spacial score (nSPS) is 8.89. The molecule has 0 atom stereocenters. The summed E-state index contributed by atoms with van der Waals surface area (Å²) in [6.45, 7) is 3.31. The highest BCUT2D eigenvalue weighted by Gasteiger charge is 2.15. The van der Waals surface area contributed by atoms with Gasteiger partial charge in [-0.15, -0.1) is 0 Å². The highest BCUT2D eigenvalue weighted by molar-refractivity contribution is 6.10. The average Bonchev–Trinajstić information content (AvgIpc) is 2.33. The Labute approximate surface area is 103 Å². The summed E-state index contributed by atoms with van der Waals surface area (Å²) in [7, 11) is 0. The second-order valence-electron chi connectivity index (χ2n) is 3.45. The van der Waals surface area contributed by atoms with E-state index >= 15 is 0 Å². The largest absolute Gasteiger partial charge is 0.276 e. The number of anilines is 1. The van der Waals surface area contributed by atoms with Gasteiger partial charge in [0.05, 0.1) is 16.2 Å². The van der Waals surface area contributed by atoms with Gasteiger partial charge in [-0.3, -0.25) is 15.5 Å². The van der Waals surface area contributed by atoms with Crippen LogP contribution in [0.25, 0.3) is 0 Å². The number of nitriles is 2. The lowest BCUT2D eigenvalue weighted by Gasteiger charge is -2.08. The Morgan fingerprint density at radius 1 is 1.39 bits per heavy atom. The van der Waals surface area contributed by atoms with Gasteiger partial charge in [0, 0.05) is 6.07 Å². The first-order chi connectivity index (χ1) is 8.51. The molecular formula is C11H9N5O2. The third-order valence-corrected chi connectivity index (χ3v) is 2.33. The van der Waals surface area contributed by atoms with Crippen molar-refractivity contribution < 1.29 is 4.92 Å². The lowest BCUT2D eigenvalue weighted by Crippen LogP contribution is -2.02. The van der Waals surface area contributed by atoms with Crippen LogP contribution in [0.5, 0.6) is 0 Å². The molecule has 0 bridgehead atoms. The molecule has 0 aromatic heterocycles. The molecule has 7 heteroatoms. The number of nitro groups is 1. The maximum absolute atomic E-state index is 10.8. The quantitative estimate of drug-likeness (QED) is 0.495. The zero-order chi connectivity index (χ0) is 13.7. The van der Waals surface area contributed by atoms with Crippen LogP contribution in [0.4, 0.5) is 11.4 Å². The number of aryl methyl sites for hydroxylation is 1. The molecule has 0 aliphatic carbocycles. The molecule has 0 fully saturated rings. The molecule has 0 amide bonds. The topological polar surface area (TPSA) is 115 Å². The van der Waals surface area contributed by atoms with Crippen LogP contribution in [-0.2, 0) is 0 Å². The summed E-state index contributed by atoms with van der Waals surface area (Å²) >= 11 is 0. The van der Waals surface area contributed by atoms with Crippen molar-refractivity contribution in [1.29, 1.82) is 10.5 Å². The Morgan fingerprint density at radius 2 is 2.00 bits per heavy atom. The maximum Gasteiger partial charge on any atom is 0.274 e. The van der Waals surface area contributed by atoms with E-state index in [1.807, 2.05) is 0 Å². The van der Waals surface area contributed by atoms with Gasteiger partial charge in [0.1, 0.15) is 12.1 Å². The highest BCUT2D eigenvalue weighted by atomic mass is 16.6. The third kappa shape index (κ3) is 2.60. The number of nitro benzene ring substituents is 1.